The second-order valence-corrected chi connectivity index (χ2v) is 2.58. The van der Waals surface area contributed by atoms with E-state index in [-0.39, 0.29) is 6.29 Å². The van der Waals surface area contributed by atoms with E-state index in [9.17, 15) is 0 Å². The summed E-state index contributed by atoms with van der Waals surface area (Å²) in [7, 11) is 0. The van der Waals surface area contributed by atoms with Crippen LogP contribution in [0.4, 0.5) is 0 Å². The smallest absolute Gasteiger partial charge is 0.157 e. The zero-order valence-corrected chi connectivity index (χ0v) is 6.58. The van der Waals surface area contributed by atoms with Gasteiger partial charge in [0.25, 0.3) is 0 Å². The molecule has 11 heavy (non-hydrogen) atoms. The van der Waals surface area contributed by atoms with Crippen LogP contribution in [0, 0.1) is 11.3 Å². The van der Waals surface area contributed by atoms with Crippen molar-refractivity contribution >= 4 is 0 Å². The van der Waals surface area contributed by atoms with Crippen molar-refractivity contribution in [3.8, 4) is 6.07 Å². The third-order valence-corrected chi connectivity index (χ3v) is 1.66. The van der Waals surface area contributed by atoms with Gasteiger partial charge in [0, 0.05) is 6.61 Å². The molecule has 0 saturated carbocycles. The van der Waals surface area contributed by atoms with Gasteiger partial charge in [-0.15, -0.1) is 0 Å². The van der Waals surface area contributed by atoms with E-state index in [0.29, 0.717) is 13.0 Å². The number of nitriles is 1. The van der Waals surface area contributed by atoms with Gasteiger partial charge in [-0.25, -0.2) is 0 Å². The molecular formula is C8H13NO2. The lowest BCUT2D eigenvalue weighted by Crippen LogP contribution is -2.22. The lowest BCUT2D eigenvalue weighted by atomic mass is 10.2. The molecule has 0 radical (unpaired) electrons. The van der Waals surface area contributed by atoms with E-state index in [0.717, 1.165) is 19.4 Å². The molecule has 62 valence electrons. The largest absolute Gasteiger partial charge is 0.353 e. The Morgan fingerprint density at radius 2 is 2.45 bits per heavy atom. The highest BCUT2D eigenvalue weighted by atomic mass is 16.7. The summed E-state index contributed by atoms with van der Waals surface area (Å²) in [6, 6.07) is 2.03. The molecule has 0 aromatic carbocycles. The highest BCUT2D eigenvalue weighted by Gasteiger charge is 2.12. The molecule has 1 atom stereocenters. The zero-order chi connectivity index (χ0) is 7.94. The molecule has 1 fully saturated rings. The van der Waals surface area contributed by atoms with Gasteiger partial charge in [-0.2, -0.15) is 5.26 Å². The summed E-state index contributed by atoms with van der Waals surface area (Å²) in [4.78, 5) is 0. The van der Waals surface area contributed by atoms with Gasteiger partial charge < -0.3 is 9.47 Å². The van der Waals surface area contributed by atoms with E-state index in [1.165, 1.54) is 6.42 Å². The normalized spacial score (nSPS) is 24.5. The Hall–Kier alpha value is -0.590. The minimum Gasteiger partial charge on any atom is -0.353 e. The summed E-state index contributed by atoms with van der Waals surface area (Å²) in [6.45, 7) is 1.30. The molecule has 1 aliphatic rings. The van der Waals surface area contributed by atoms with Crippen molar-refractivity contribution in [1.82, 2.24) is 0 Å². The summed E-state index contributed by atoms with van der Waals surface area (Å²) in [5.74, 6) is 0. The molecule has 0 spiro atoms. The Balaban J connectivity index is 2.01. The molecule has 1 heterocycles. The van der Waals surface area contributed by atoms with Crippen LogP contribution in [0.1, 0.15) is 25.7 Å². The van der Waals surface area contributed by atoms with Gasteiger partial charge in [0.05, 0.1) is 19.1 Å². The SMILES string of the molecule is N#CCCOC1CCCCO1. The number of ether oxygens (including phenoxy) is 2. The van der Waals surface area contributed by atoms with Gasteiger partial charge in [0.15, 0.2) is 6.29 Å². The van der Waals surface area contributed by atoms with Crippen molar-refractivity contribution in [2.24, 2.45) is 0 Å². The number of hydrogen-bond donors (Lipinski definition) is 0. The van der Waals surface area contributed by atoms with E-state index >= 15 is 0 Å². The van der Waals surface area contributed by atoms with Gasteiger partial charge in [0.2, 0.25) is 0 Å². The molecule has 1 saturated heterocycles. The minimum atomic E-state index is -0.0444. The van der Waals surface area contributed by atoms with E-state index in [4.69, 9.17) is 14.7 Å². The predicted octanol–water partition coefficient (Wildman–Crippen LogP) is 1.44. The molecule has 0 bridgehead atoms. The standard InChI is InChI=1S/C8H13NO2/c9-5-3-7-11-8-4-1-2-6-10-8/h8H,1-4,6-7H2. The molecule has 0 aromatic rings. The number of hydrogen-bond acceptors (Lipinski definition) is 3. The molecule has 0 amide bonds. The van der Waals surface area contributed by atoms with Crippen LogP contribution in [0.3, 0.4) is 0 Å². The quantitative estimate of drug-likeness (QED) is 0.579. The third-order valence-electron chi connectivity index (χ3n) is 1.66. The summed E-state index contributed by atoms with van der Waals surface area (Å²) in [6.07, 6.45) is 3.71. The minimum absolute atomic E-state index is 0.0444. The molecule has 3 heteroatoms. The average molecular weight is 155 g/mol. The highest BCUT2D eigenvalue weighted by molar-refractivity contribution is 4.67. The molecule has 0 aromatic heterocycles. The maximum atomic E-state index is 8.22. The second-order valence-electron chi connectivity index (χ2n) is 2.58. The van der Waals surface area contributed by atoms with Gasteiger partial charge in [-0.3, -0.25) is 0 Å². The van der Waals surface area contributed by atoms with Gasteiger partial charge >= 0.3 is 0 Å². The molecular weight excluding hydrogens is 142 g/mol. The zero-order valence-electron chi connectivity index (χ0n) is 6.58. The van der Waals surface area contributed by atoms with Crippen LogP contribution in [-0.4, -0.2) is 19.5 Å². The summed E-state index contributed by atoms with van der Waals surface area (Å²) < 4.78 is 10.6. The van der Waals surface area contributed by atoms with E-state index in [1.54, 1.807) is 0 Å². The van der Waals surface area contributed by atoms with Crippen LogP contribution in [0.25, 0.3) is 0 Å². The molecule has 1 unspecified atom stereocenters. The van der Waals surface area contributed by atoms with Crippen LogP contribution in [0.15, 0.2) is 0 Å². The first-order valence-corrected chi connectivity index (χ1v) is 4.03. The fraction of sp³-hybridized carbons (Fsp3) is 0.875. The van der Waals surface area contributed by atoms with Gasteiger partial charge in [-0.1, -0.05) is 0 Å². The van der Waals surface area contributed by atoms with Crippen LogP contribution >= 0.6 is 0 Å². The average Bonchev–Trinajstić information content (AvgIpc) is 2.07. The highest BCUT2D eigenvalue weighted by Crippen LogP contribution is 2.13. The molecule has 1 rings (SSSR count). The van der Waals surface area contributed by atoms with Crippen molar-refractivity contribution in [1.29, 1.82) is 5.26 Å². The topological polar surface area (TPSA) is 42.2 Å². The Morgan fingerprint density at radius 3 is 3.09 bits per heavy atom. The fourth-order valence-electron chi connectivity index (χ4n) is 1.08. The molecule has 0 aliphatic carbocycles. The maximum absolute atomic E-state index is 8.22. The Labute approximate surface area is 66.9 Å². The summed E-state index contributed by atoms with van der Waals surface area (Å²) >= 11 is 0. The Morgan fingerprint density at radius 1 is 1.55 bits per heavy atom. The lowest BCUT2D eigenvalue weighted by molar-refractivity contribution is -0.161. The van der Waals surface area contributed by atoms with Crippen LogP contribution in [0.5, 0.6) is 0 Å². The van der Waals surface area contributed by atoms with Crippen LogP contribution in [0.2, 0.25) is 0 Å². The summed E-state index contributed by atoms with van der Waals surface area (Å²) in [5, 5.41) is 8.22. The van der Waals surface area contributed by atoms with Crippen molar-refractivity contribution in [2.45, 2.75) is 32.0 Å². The van der Waals surface area contributed by atoms with Crippen molar-refractivity contribution in [2.75, 3.05) is 13.2 Å². The van der Waals surface area contributed by atoms with E-state index in [1.807, 2.05) is 6.07 Å². The van der Waals surface area contributed by atoms with Crippen molar-refractivity contribution in [3.63, 3.8) is 0 Å². The van der Waals surface area contributed by atoms with Gasteiger partial charge in [-0.05, 0) is 19.3 Å². The molecule has 0 N–H and O–H groups in total. The Bertz CT molecular complexity index is 136. The monoisotopic (exact) mass is 155 g/mol. The predicted molar refractivity (Wildman–Crippen MR) is 39.8 cm³/mol. The third kappa shape index (κ3) is 3.35. The first kappa shape index (κ1) is 8.51. The maximum Gasteiger partial charge on any atom is 0.157 e. The van der Waals surface area contributed by atoms with Crippen LogP contribution in [-0.2, 0) is 9.47 Å². The number of nitrogens with zero attached hydrogens (tertiary/aromatic N) is 1. The van der Waals surface area contributed by atoms with Crippen LogP contribution < -0.4 is 0 Å². The van der Waals surface area contributed by atoms with Crippen molar-refractivity contribution in [3.05, 3.63) is 0 Å². The second kappa shape index (κ2) is 5.11. The van der Waals surface area contributed by atoms with E-state index < -0.39 is 0 Å². The van der Waals surface area contributed by atoms with E-state index in [2.05, 4.69) is 0 Å². The van der Waals surface area contributed by atoms with Crippen molar-refractivity contribution < 1.29 is 9.47 Å². The first-order valence-electron chi connectivity index (χ1n) is 4.03. The number of rotatable bonds is 3. The molecule has 3 nitrogen and oxygen atoms in total. The summed E-state index contributed by atoms with van der Waals surface area (Å²) in [5.41, 5.74) is 0. The first-order chi connectivity index (χ1) is 5.43. The van der Waals surface area contributed by atoms with Gasteiger partial charge in [0.1, 0.15) is 0 Å². The lowest BCUT2D eigenvalue weighted by Gasteiger charge is -2.21. The fourth-order valence-corrected chi connectivity index (χ4v) is 1.08. The Kier molecular flexibility index (Phi) is 3.95. The molecule has 1 aliphatic heterocycles.